The largest absolute Gasteiger partial charge is 0.496 e. The molecule has 4 nitrogen and oxygen atoms in total. The lowest BCUT2D eigenvalue weighted by Crippen LogP contribution is -2.54. The van der Waals surface area contributed by atoms with E-state index in [0.717, 1.165) is 31.2 Å². The first kappa shape index (κ1) is 14.8. The lowest BCUT2D eigenvalue weighted by molar-refractivity contribution is 0.0921. The fraction of sp³-hybridized carbons (Fsp3) is 0.467. The standard InChI is InChI=1S/C15H20N2O2S/c1-10-5-6-12(19-2)11(9-10)13(18)17-15(14(16)20)7-3-4-8-15/h5-6,9H,3-4,7-8H2,1-2H3,(H2,16,20)(H,17,18). The topological polar surface area (TPSA) is 64.3 Å². The summed E-state index contributed by atoms with van der Waals surface area (Å²) in [6.07, 6.45) is 3.68. The molecule has 3 N–H and O–H groups in total. The molecule has 0 atom stereocenters. The summed E-state index contributed by atoms with van der Waals surface area (Å²) in [6, 6.07) is 5.53. The number of hydrogen-bond acceptors (Lipinski definition) is 3. The van der Waals surface area contributed by atoms with Crippen molar-refractivity contribution in [2.75, 3.05) is 7.11 Å². The Kier molecular flexibility index (Phi) is 4.28. The van der Waals surface area contributed by atoms with E-state index in [2.05, 4.69) is 5.32 Å². The predicted octanol–water partition coefficient (Wildman–Crippen LogP) is 2.33. The van der Waals surface area contributed by atoms with Gasteiger partial charge in [0.05, 0.1) is 23.2 Å². The molecule has 0 radical (unpaired) electrons. The first-order valence-electron chi connectivity index (χ1n) is 6.75. The Labute approximate surface area is 124 Å². The number of nitrogens with two attached hydrogens (primary N) is 1. The van der Waals surface area contributed by atoms with Crippen molar-refractivity contribution >= 4 is 23.1 Å². The van der Waals surface area contributed by atoms with Crippen molar-refractivity contribution in [1.82, 2.24) is 5.32 Å². The normalized spacial score (nSPS) is 16.7. The van der Waals surface area contributed by atoms with E-state index in [0.29, 0.717) is 16.3 Å². The number of ether oxygens (including phenoxy) is 1. The zero-order valence-electron chi connectivity index (χ0n) is 11.9. The molecule has 1 aromatic carbocycles. The van der Waals surface area contributed by atoms with E-state index >= 15 is 0 Å². The maximum Gasteiger partial charge on any atom is 0.255 e. The molecule has 0 aliphatic heterocycles. The van der Waals surface area contributed by atoms with Gasteiger partial charge in [0, 0.05) is 0 Å². The van der Waals surface area contributed by atoms with Crippen molar-refractivity contribution < 1.29 is 9.53 Å². The van der Waals surface area contributed by atoms with Crippen molar-refractivity contribution in [3.63, 3.8) is 0 Å². The van der Waals surface area contributed by atoms with Crippen molar-refractivity contribution in [2.45, 2.75) is 38.1 Å². The Bertz CT molecular complexity index is 537. The highest BCUT2D eigenvalue weighted by Crippen LogP contribution is 2.31. The number of carbonyl (C=O) groups excluding carboxylic acids is 1. The average Bonchev–Trinajstić information content (AvgIpc) is 2.88. The summed E-state index contributed by atoms with van der Waals surface area (Å²) >= 11 is 5.15. The summed E-state index contributed by atoms with van der Waals surface area (Å²) in [4.78, 5) is 12.9. The second-order valence-electron chi connectivity index (χ2n) is 5.31. The summed E-state index contributed by atoms with van der Waals surface area (Å²) in [7, 11) is 1.56. The van der Waals surface area contributed by atoms with Gasteiger partial charge in [-0.05, 0) is 31.9 Å². The zero-order valence-corrected chi connectivity index (χ0v) is 12.7. The van der Waals surface area contributed by atoms with E-state index in [1.807, 2.05) is 19.1 Å². The molecule has 1 amide bonds. The van der Waals surface area contributed by atoms with E-state index in [9.17, 15) is 4.79 Å². The number of thiocarbonyl (C=S) groups is 1. The van der Waals surface area contributed by atoms with E-state index < -0.39 is 5.54 Å². The van der Waals surface area contributed by atoms with Crippen LogP contribution in [0.4, 0.5) is 0 Å². The third-order valence-corrected chi connectivity index (χ3v) is 4.27. The molecule has 1 aliphatic rings. The number of amides is 1. The van der Waals surface area contributed by atoms with Crippen LogP contribution in [0.3, 0.4) is 0 Å². The van der Waals surface area contributed by atoms with Crippen LogP contribution in [0.5, 0.6) is 5.75 Å². The molecule has 0 heterocycles. The number of aryl methyl sites for hydroxylation is 1. The number of hydrogen-bond donors (Lipinski definition) is 2. The first-order chi connectivity index (χ1) is 9.48. The van der Waals surface area contributed by atoms with Crippen molar-refractivity contribution in [3.8, 4) is 5.75 Å². The minimum atomic E-state index is -0.541. The molecule has 0 aromatic heterocycles. The molecule has 1 fully saturated rings. The van der Waals surface area contributed by atoms with Crippen LogP contribution in [0.2, 0.25) is 0 Å². The number of carbonyl (C=O) groups is 1. The summed E-state index contributed by atoms with van der Waals surface area (Å²) in [6.45, 7) is 1.94. The molecule has 2 rings (SSSR count). The lowest BCUT2D eigenvalue weighted by Gasteiger charge is -2.29. The van der Waals surface area contributed by atoms with Crippen LogP contribution >= 0.6 is 12.2 Å². The van der Waals surface area contributed by atoms with Gasteiger partial charge in [-0.3, -0.25) is 4.79 Å². The maximum absolute atomic E-state index is 12.5. The summed E-state index contributed by atoms with van der Waals surface area (Å²) in [5.41, 5.74) is 6.83. The second kappa shape index (κ2) is 5.79. The third-order valence-electron chi connectivity index (χ3n) is 3.88. The van der Waals surface area contributed by atoms with Gasteiger partial charge >= 0.3 is 0 Å². The van der Waals surface area contributed by atoms with E-state index in [-0.39, 0.29) is 5.91 Å². The van der Waals surface area contributed by atoms with Gasteiger partial charge in [-0.1, -0.05) is 36.7 Å². The van der Waals surface area contributed by atoms with E-state index in [1.165, 1.54) is 0 Å². The molecule has 0 saturated heterocycles. The first-order valence-corrected chi connectivity index (χ1v) is 7.16. The minimum absolute atomic E-state index is 0.180. The minimum Gasteiger partial charge on any atom is -0.496 e. The fourth-order valence-electron chi connectivity index (χ4n) is 2.70. The summed E-state index contributed by atoms with van der Waals surface area (Å²) in [5.74, 6) is 0.379. The SMILES string of the molecule is COc1ccc(C)cc1C(=O)NC1(C(N)=S)CCCC1. The predicted molar refractivity (Wildman–Crippen MR) is 83.2 cm³/mol. The zero-order chi connectivity index (χ0) is 14.8. The third kappa shape index (κ3) is 2.77. The van der Waals surface area contributed by atoms with Gasteiger partial charge in [0.15, 0.2) is 0 Å². The monoisotopic (exact) mass is 292 g/mol. The van der Waals surface area contributed by atoms with Crippen LogP contribution in [-0.4, -0.2) is 23.5 Å². The maximum atomic E-state index is 12.5. The molecule has 0 unspecified atom stereocenters. The molecule has 1 saturated carbocycles. The number of nitrogens with one attached hydrogen (secondary N) is 1. The molecule has 108 valence electrons. The Balaban J connectivity index is 2.28. The summed E-state index contributed by atoms with van der Waals surface area (Å²) < 4.78 is 5.25. The van der Waals surface area contributed by atoms with Gasteiger partial charge in [-0.2, -0.15) is 0 Å². The van der Waals surface area contributed by atoms with Gasteiger partial charge in [0.25, 0.3) is 5.91 Å². The average molecular weight is 292 g/mol. The van der Waals surface area contributed by atoms with Crippen molar-refractivity contribution in [3.05, 3.63) is 29.3 Å². The van der Waals surface area contributed by atoms with Crippen LogP contribution in [0, 0.1) is 6.92 Å². The lowest BCUT2D eigenvalue weighted by atomic mass is 9.96. The van der Waals surface area contributed by atoms with Gasteiger partial charge in [-0.15, -0.1) is 0 Å². The van der Waals surface area contributed by atoms with E-state index in [4.69, 9.17) is 22.7 Å². The molecule has 0 spiro atoms. The highest BCUT2D eigenvalue weighted by atomic mass is 32.1. The van der Waals surface area contributed by atoms with Crippen LogP contribution in [0.15, 0.2) is 18.2 Å². The molecular weight excluding hydrogens is 272 g/mol. The molecule has 1 aromatic rings. The van der Waals surface area contributed by atoms with E-state index in [1.54, 1.807) is 13.2 Å². The number of benzene rings is 1. The molecular formula is C15H20N2O2S. The summed E-state index contributed by atoms with van der Waals surface area (Å²) in [5, 5.41) is 3.02. The van der Waals surface area contributed by atoms with Gasteiger partial charge in [0.2, 0.25) is 0 Å². The fourth-order valence-corrected chi connectivity index (χ4v) is 2.95. The van der Waals surface area contributed by atoms with Crippen LogP contribution in [0.1, 0.15) is 41.6 Å². The number of methoxy groups -OCH3 is 1. The van der Waals surface area contributed by atoms with Gasteiger partial charge in [0.1, 0.15) is 5.75 Å². The van der Waals surface area contributed by atoms with Crippen LogP contribution in [-0.2, 0) is 0 Å². The quantitative estimate of drug-likeness (QED) is 0.836. The van der Waals surface area contributed by atoms with Crippen LogP contribution < -0.4 is 15.8 Å². The van der Waals surface area contributed by atoms with Gasteiger partial charge < -0.3 is 15.8 Å². The highest BCUT2D eigenvalue weighted by molar-refractivity contribution is 7.80. The van der Waals surface area contributed by atoms with Crippen molar-refractivity contribution in [1.29, 1.82) is 0 Å². The molecule has 20 heavy (non-hydrogen) atoms. The smallest absolute Gasteiger partial charge is 0.255 e. The Morgan fingerprint density at radius 3 is 2.60 bits per heavy atom. The molecule has 1 aliphatic carbocycles. The Morgan fingerprint density at radius 1 is 1.40 bits per heavy atom. The van der Waals surface area contributed by atoms with Gasteiger partial charge in [-0.25, -0.2) is 0 Å². The second-order valence-corrected chi connectivity index (χ2v) is 5.75. The Hall–Kier alpha value is -1.62. The highest BCUT2D eigenvalue weighted by Gasteiger charge is 2.38. The Morgan fingerprint density at radius 2 is 2.05 bits per heavy atom. The molecule has 5 heteroatoms. The van der Waals surface area contributed by atoms with Crippen molar-refractivity contribution in [2.24, 2.45) is 5.73 Å². The number of rotatable bonds is 4. The van der Waals surface area contributed by atoms with Crippen LogP contribution in [0.25, 0.3) is 0 Å². The molecule has 0 bridgehead atoms.